The van der Waals surface area contributed by atoms with Gasteiger partial charge < -0.3 is 5.11 Å². The fourth-order valence-electron chi connectivity index (χ4n) is 0.674. The van der Waals surface area contributed by atoms with Gasteiger partial charge in [0, 0.05) is 5.57 Å². The second kappa shape index (κ2) is 4.64. The second-order valence-corrected chi connectivity index (χ2v) is 2.44. The van der Waals surface area contributed by atoms with E-state index in [1.165, 1.54) is 6.08 Å². The molecule has 0 aromatic heterocycles. The third-order valence-electron chi connectivity index (χ3n) is 1.46. The largest absolute Gasteiger partial charge is 0.478 e. The average molecular weight is 206 g/mol. The van der Waals surface area contributed by atoms with Crippen molar-refractivity contribution in [3.8, 4) is 0 Å². The number of carbonyl (C=O) groups is 1. The standard InChI is InChI=1S/C9H9F3O2/c1-3-4-5-7(8(13)14)6(2)9(10,11)12/h3-5H,1H2,2H3,(H,13,14)/b5-4-,7-6-. The molecule has 2 nitrogen and oxygen atoms in total. The molecule has 0 rings (SSSR count). The Balaban J connectivity index is 5.27. The first-order chi connectivity index (χ1) is 6.30. The summed E-state index contributed by atoms with van der Waals surface area (Å²) in [5.41, 5.74) is -1.92. The van der Waals surface area contributed by atoms with Crippen LogP contribution in [0.3, 0.4) is 0 Å². The van der Waals surface area contributed by atoms with Gasteiger partial charge in [-0.3, -0.25) is 0 Å². The molecular formula is C9H9F3O2. The molecule has 0 saturated heterocycles. The lowest BCUT2D eigenvalue weighted by Gasteiger charge is -2.08. The lowest BCUT2D eigenvalue weighted by atomic mass is 10.1. The maximum atomic E-state index is 12.1. The third-order valence-corrected chi connectivity index (χ3v) is 1.46. The molecular weight excluding hydrogens is 197 g/mol. The molecule has 0 aromatic rings. The van der Waals surface area contributed by atoms with Crippen LogP contribution < -0.4 is 0 Å². The summed E-state index contributed by atoms with van der Waals surface area (Å²) in [6.45, 7) is 3.95. The summed E-state index contributed by atoms with van der Waals surface area (Å²) in [7, 11) is 0. The minimum atomic E-state index is -4.63. The number of hydrogen-bond acceptors (Lipinski definition) is 1. The van der Waals surface area contributed by atoms with E-state index in [0.29, 0.717) is 0 Å². The summed E-state index contributed by atoms with van der Waals surface area (Å²) in [6.07, 6.45) is -1.43. The highest BCUT2D eigenvalue weighted by Crippen LogP contribution is 2.28. The van der Waals surface area contributed by atoms with Crippen molar-refractivity contribution in [2.75, 3.05) is 0 Å². The quantitative estimate of drug-likeness (QED) is 0.569. The number of hydrogen-bond donors (Lipinski definition) is 1. The molecule has 0 radical (unpaired) electrons. The topological polar surface area (TPSA) is 37.3 Å². The van der Waals surface area contributed by atoms with Gasteiger partial charge in [-0.25, -0.2) is 4.79 Å². The van der Waals surface area contributed by atoms with E-state index >= 15 is 0 Å². The van der Waals surface area contributed by atoms with Gasteiger partial charge in [-0.05, 0) is 13.0 Å². The molecule has 5 heteroatoms. The minimum Gasteiger partial charge on any atom is -0.478 e. The van der Waals surface area contributed by atoms with Gasteiger partial charge in [-0.1, -0.05) is 18.7 Å². The zero-order chi connectivity index (χ0) is 11.4. The predicted molar refractivity (Wildman–Crippen MR) is 45.7 cm³/mol. The molecule has 0 bridgehead atoms. The van der Waals surface area contributed by atoms with Gasteiger partial charge in [0.05, 0.1) is 5.57 Å². The van der Waals surface area contributed by atoms with Crippen LogP contribution in [-0.2, 0) is 4.79 Å². The van der Waals surface area contributed by atoms with Crippen LogP contribution in [0.2, 0.25) is 0 Å². The highest BCUT2D eigenvalue weighted by Gasteiger charge is 2.33. The van der Waals surface area contributed by atoms with Crippen molar-refractivity contribution >= 4 is 5.97 Å². The number of carboxylic acid groups (broad SMARTS) is 1. The lowest BCUT2D eigenvalue weighted by molar-refractivity contribution is -0.133. The van der Waals surface area contributed by atoms with Crippen LogP contribution in [0, 0.1) is 0 Å². The molecule has 0 aliphatic heterocycles. The number of allylic oxidation sites excluding steroid dienone is 3. The Bertz CT molecular complexity index is 298. The molecule has 78 valence electrons. The van der Waals surface area contributed by atoms with Crippen molar-refractivity contribution in [2.24, 2.45) is 0 Å². The molecule has 0 atom stereocenters. The van der Waals surface area contributed by atoms with Gasteiger partial charge in [0.1, 0.15) is 0 Å². The zero-order valence-corrected chi connectivity index (χ0v) is 7.43. The van der Waals surface area contributed by atoms with E-state index in [-0.39, 0.29) is 0 Å². The van der Waals surface area contributed by atoms with Crippen LogP contribution in [0.25, 0.3) is 0 Å². The fraction of sp³-hybridized carbons (Fsp3) is 0.222. The highest BCUT2D eigenvalue weighted by molar-refractivity contribution is 5.91. The van der Waals surface area contributed by atoms with E-state index in [0.717, 1.165) is 19.1 Å². The molecule has 14 heavy (non-hydrogen) atoms. The Morgan fingerprint density at radius 3 is 2.21 bits per heavy atom. The summed E-state index contributed by atoms with van der Waals surface area (Å²) in [5, 5.41) is 8.49. The van der Waals surface area contributed by atoms with Gasteiger partial charge in [0.15, 0.2) is 0 Å². The first kappa shape index (κ1) is 12.5. The smallest absolute Gasteiger partial charge is 0.413 e. The lowest BCUT2D eigenvalue weighted by Crippen LogP contribution is -2.14. The Morgan fingerprint density at radius 1 is 1.43 bits per heavy atom. The van der Waals surface area contributed by atoms with Crippen molar-refractivity contribution in [3.05, 3.63) is 36.0 Å². The number of rotatable bonds is 3. The molecule has 0 amide bonds. The maximum absolute atomic E-state index is 12.1. The summed E-state index contributed by atoms with van der Waals surface area (Å²) in [4.78, 5) is 10.5. The van der Waals surface area contributed by atoms with Crippen molar-refractivity contribution in [1.29, 1.82) is 0 Å². The monoisotopic (exact) mass is 206 g/mol. The predicted octanol–water partition coefficient (Wildman–Crippen LogP) is 2.69. The van der Waals surface area contributed by atoms with Crippen LogP contribution in [0.1, 0.15) is 6.92 Å². The molecule has 0 spiro atoms. The number of halogens is 3. The molecule has 1 N–H and O–H groups in total. The van der Waals surface area contributed by atoms with E-state index in [1.807, 2.05) is 0 Å². The molecule has 0 heterocycles. The Morgan fingerprint density at radius 2 is 1.93 bits per heavy atom. The average Bonchev–Trinajstić information content (AvgIpc) is 2.02. The first-order valence-electron chi connectivity index (χ1n) is 3.61. The van der Waals surface area contributed by atoms with Crippen LogP contribution in [0.5, 0.6) is 0 Å². The van der Waals surface area contributed by atoms with E-state index < -0.39 is 23.3 Å². The van der Waals surface area contributed by atoms with Crippen molar-refractivity contribution in [3.63, 3.8) is 0 Å². The number of alkyl halides is 3. The SMILES string of the molecule is C=C/C=C\C(C(=O)O)=C(/C)C(F)(F)F. The van der Waals surface area contributed by atoms with Crippen LogP contribution in [0.15, 0.2) is 36.0 Å². The van der Waals surface area contributed by atoms with Crippen LogP contribution in [-0.4, -0.2) is 17.3 Å². The molecule has 0 unspecified atom stereocenters. The van der Waals surface area contributed by atoms with E-state index in [9.17, 15) is 18.0 Å². The van der Waals surface area contributed by atoms with Gasteiger partial charge in [0.25, 0.3) is 0 Å². The van der Waals surface area contributed by atoms with Gasteiger partial charge in [0.2, 0.25) is 0 Å². The Hall–Kier alpha value is -1.52. The molecule has 0 aliphatic rings. The zero-order valence-electron chi connectivity index (χ0n) is 7.43. The molecule has 0 aromatic carbocycles. The van der Waals surface area contributed by atoms with Crippen molar-refractivity contribution < 1.29 is 23.1 Å². The first-order valence-corrected chi connectivity index (χ1v) is 3.61. The Kier molecular flexibility index (Phi) is 4.14. The van der Waals surface area contributed by atoms with Crippen molar-refractivity contribution in [2.45, 2.75) is 13.1 Å². The molecule has 0 saturated carbocycles. The number of aliphatic carboxylic acids is 1. The van der Waals surface area contributed by atoms with Gasteiger partial charge in [-0.2, -0.15) is 13.2 Å². The summed E-state index contributed by atoms with van der Waals surface area (Å²) in [5.74, 6) is -1.61. The van der Waals surface area contributed by atoms with E-state index in [2.05, 4.69) is 6.58 Å². The molecule has 0 aliphatic carbocycles. The maximum Gasteiger partial charge on any atom is 0.413 e. The molecule has 0 fully saturated rings. The Labute approximate surface area is 79.0 Å². The second-order valence-electron chi connectivity index (χ2n) is 2.44. The minimum absolute atomic E-state index is 0.719. The van der Waals surface area contributed by atoms with Crippen LogP contribution in [0.4, 0.5) is 13.2 Å². The van der Waals surface area contributed by atoms with Gasteiger partial charge in [-0.15, -0.1) is 0 Å². The van der Waals surface area contributed by atoms with E-state index in [1.54, 1.807) is 0 Å². The summed E-state index contributed by atoms with van der Waals surface area (Å²) < 4.78 is 36.3. The third kappa shape index (κ3) is 3.47. The normalized spacial score (nSPS) is 14.0. The fourth-order valence-corrected chi connectivity index (χ4v) is 0.674. The van der Waals surface area contributed by atoms with Gasteiger partial charge >= 0.3 is 12.1 Å². The summed E-state index contributed by atoms with van der Waals surface area (Å²) >= 11 is 0. The van der Waals surface area contributed by atoms with E-state index in [4.69, 9.17) is 5.11 Å². The number of carboxylic acids is 1. The highest BCUT2D eigenvalue weighted by atomic mass is 19.4. The summed E-state index contributed by atoms with van der Waals surface area (Å²) in [6, 6.07) is 0. The van der Waals surface area contributed by atoms with Crippen LogP contribution >= 0.6 is 0 Å². The van der Waals surface area contributed by atoms with Crippen molar-refractivity contribution in [1.82, 2.24) is 0 Å².